The zero-order valence-electron chi connectivity index (χ0n) is 10.6. The second kappa shape index (κ2) is 5.61. The monoisotopic (exact) mass is 290 g/mol. The minimum absolute atomic E-state index is 0.222. The van der Waals surface area contributed by atoms with Crippen LogP contribution < -0.4 is 10.2 Å². The molecule has 0 radical (unpaired) electrons. The first kappa shape index (κ1) is 14.5. The van der Waals surface area contributed by atoms with Crippen LogP contribution in [-0.4, -0.2) is 49.0 Å². The second-order valence-corrected chi connectivity index (χ2v) is 4.19. The summed E-state index contributed by atoms with van der Waals surface area (Å²) in [6, 6.07) is 2.11. The Morgan fingerprint density at radius 2 is 2.20 bits per heavy atom. The molecule has 1 aromatic rings. The van der Waals surface area contributed by atoms with Gasteiger partial charge in [0.05, 0.1) is 13.2 Å². The molecule has 2 rings (SSSR count). The SMILES string of the molecule is CNC(=O)C1CN(c2ccc(C(F)(F)F)nn2)CCO1. The fraction of sp³-hybridized carbons (Fsp3) is 0.545. The maximum absolute atomic E-state index is 12.4. The van der Waals surface area contributed by atoms with Gasteiger partial charge in [0.2, 0.25) is 0 Å². The van der Waals surface area contributed by atoms with Crippen LogP contribution in [0.5, 0.6) is 0 Å². The molecule has 1 aromatic heterocycles. The third kappa shape index (κ3) is 3.16. The highest BCUT2D eigenvalue weighted by molar-refractivity contribution is 5.81. The van der Waals surface area contributed by atoms with Crippen molar-refractivity contribution in [2.45, 2.75) is 12.3 Å². The van der Waals surface area contributed by atoms with Crippen molar-refractivity contribution in [3.63, 3.8) is 0 Å². The van der Waals surface area contributed by atoms with Gasteiger partial charge in [-0.1, -0.05) is 0 Å². The summed E-state index contributed by atoms with van der Waals surface area (Å²) < 4.78 is 42.4. The molecule has 0 aliphatic carbocycles. The Labute approximate surface area is 112 Å². The van der Waals surface area contributed by atoms with Gasteiger partial charge in [0.1, 0.15) is 0 Å². The maximum Gasteiger partial charge on any atom is 0.435 e. The van der Waals surface area contributed by atoms with Crippen molar-refractivity contribution in [3.05, 3.63) is 17.8 Å². The van der Waals surface area contributed by atoms with Crippen LogP contribution in [0.1, 0.15) is 5.69 Å². The molecule has 1 fully saturated rings. The molecule has 1 N–H and O–H groups in total. The van der Waals surface area contributed by atoms with Crippen LogP contribution in [0, 0.1) is 0 Å². The number of hydrogen-bond acceptors (Lipinski definition) is 5. The van der Waals surface area contributed by atoms with Crippen LogP contribution in [0.3, 0.4) is 0 Å². The van der Waals surface area contributed by atoms with Crippen molar-refractivity contribution in [3.8, 4) is 0 Å². The summed E-state index contributed by atoms with van der Waals surface area (Å²) in [5.41, 5.74) is -1.04. The van der Waals surface area contributed by atoms with Gasteiger partial charge < -0.3 is 15.0 Å². The van der Waals surface area contributed by atoms with E-state index in [9.17, 15) is 18.0 Å². The summed E-state index contributed by atoms with van der Waals surface area (Å²) in [4.78, 5) is 13.1. The molecule has 110 valence electrons. The molecule has 0 bridgehead atoms. The van der Waals surface area contributed by atoms with Gasteiger partial charge in [0.25, 0.3) is 5.91 Å². The molecule has 0 saturated carbocycles. The number of amides is 1. The highest BCUT2D eigenvalue weighted by atomic mass is 19.4. The van der Waals surface area contributed by atoms with Crippen molar-refractivity contribution in [2.24, 2.45) is 0 Å². The first-order chi connectivity index (χ1) is 9.41. The van der Waals surface area contributed by atoms with Crippen LogP contribution in [0.15, 0.2) is 12.1 Å². The Balaban J connectivity index is 2.09. The smallest absolute Gasteiger partial charge is 0.365 e. The number of carbonyl (C=O) groups excluding carboxylic acids is 1. The molecule has 6 nitrogen and oxygen atoms in total. The lowest BCUT2D eigenvalue weighted by Crippen LogP contribution is -2.49. The van der Waals surface area contributed by atoms with E-state index in [2.05, 4.69) is 15.5 Å². The Bertz CT molecular complexity index is 478. The van der Waals surface area contributed by atoms with Gasteiger partial charge in [-0.25, -0.2) is 0 Å². The number of hydrogen-bond donors (Lipinski definition) is 1. The molecule has 2 heterocycles. The van der Waals surface area contributed by atoms with E-state index in [-0.39, 0.29) is 18.3 Å². The quantitative estimate of drug-likeness (QED) is 0.856. The molecule has 1 saturated heterocycles. The highest BCUT2D eigenvalue weighted by Gasteiger charge is 2.33. The van der Waals surface area contributed by atoms with E-state index in [1.807, 2.05) is 0 Å². The van der Waals surface area contributed by atoms with E-state index >= 15 is 0 Å². The van der Waals surface area contributed by atoms with E-state index in [1.165, 1.54) is 13.1 Å². The standard InChI is InChI=1S/C11H13F3N4O2/c1-15-10(19)7-6-18(4-5-20-7)9-3-2-8(16-17-9)11(12,13)14/h2-3,7H,4-6H2,1H3,(H,15,19). The normalized spacial score (nSPS) is 19.8. The lowest BCUT2D eigenvalue weighted by atomic mass is 10.2. The molecule has 0 aromatic carbocycles. The summed E-state index contributed by atoms with van der Waals surface area (Å²) in [6.45, 7) is 0.952. The van der Waals surface area contributed by atoms with E-state index in [0.29, 0.717) is 13.2 Å². The van der Waals surface area contributed by atoms with Crippen LogP contribution in [0.25, 0.3) is 0 Å². The maximum atomic E-state index is 12.4. The van der Waals surface area contributed by atoms with Crippen molar-refractivity contribution < 1.29 is 22.7 Å². The number of alkyl halides is 3. The highest BCUT2D eigenvalue weighted by Crippen LogP contribution is 2.27. The summed E-state index contributed by atoms with van der Waals surface area (Å²) in [5.74, 6) is 0.00442. The van der Waals surface area contributed by atoms with Gasteiger partial charge in [-0.2, -0.15) is 13.2 Å². The van der Waals surface area contributed by atoms with Gasteiger partial charge >= 0.3 is 6.18 Å². The summed E-state index contributed by atoms with van der Waals surface area (Å²) in [7, 11) is 1.49. The number of anilines is 1. The Morgan fingerprint density at radius 3 is 2.75 bits per heavy atom. The van der Waals surface area contributed by atoms with Crippen LogP contribution in [0.4, 0.5) is 19.0 Å². The average Bonchev–Trinajstić information content (AvgIpc) is 2.46. The number of ether oxygens (including phenoxy) is 1. The Morgan fingerprint density at radius 1 is 1.45 bits per heavy atom. The molecule has 1 aliphatic rings. The Hall–Kier alpha value is -1.90. The van der Waals surface area contributed by atoms with Crippen molar-refractivity contribution in [2.75, 3.05) is 31.6 Å². The summed E-state index contributed by atoms with van der Waals surface area (Å²) in [6.07, 6.45) is -5.18. The average molecular weight is 290 g/mol. The lowest BCUT2D eigenvalue weighted by molar-refractivity contribution is -0.141. The van der Waals surface area contributed by atoms with Crippen molar-refractivity contribution >= 4 is 11.7 Å². The minimum atomic E-state index is -4.51. The number of morpholine rings is 1. The van der Waals surface area contributed by atoms with Crippen LogP contribution >= 0.6 is 0 Å². The third-order valence-electron chi connectivity index (χ3n) is 2.87. The molecule has 1 unspecified atom stereocenters. The minimum Gasteiger partial charge on any atom is -0.365 e. The topological polar surface area (TPSA) is 67.4 Å². The predicted octanol–water partition coefficient (Wildman–Crippen LogP) is 0.447. The van der Waals surface area contributed by atoms with Gasteiger partial charge in [0, 0.05) is 13.6 Å². The zero-order valence-corrected chi connectivity index (χ0v) is 10.6. The van der Waals surface area contributed by atoms with Gasteiger partial charge in [-0.3, -0.25) is 4.79 Å². The first-order valence-electron chi connectivity index (χ1n) is 5.91. The fourth-order valence-corrected chi connectivity index (χ4v) is 1.82. The zero-order chi connectivity index (χ0) is 14.8. The van der Waals surface area contributed by atoms with Crippen molar-refractivity contribution in [1.29, 1.82) is 0 Å². The molecular weight excluding hydrogens is 277 g/mol. The second-order valence-electron chi connectivity index (χ2n) is 4.19. The number of nitrogens with one attached hydrogen (secondary N) is 1. The number of aromatic nitrogens is 2. The summed E-state index contributed by atoms with van der Waals surface area (Å²) >= 11 is 0. The molecule has 1 amide bonds. The number of nitrogens with zero attached hydrogens (tertiary/aromatic N) is 3. The number of rotatable bonds is 2. The van der Waals surface area contributed by atoms with Gasteiger partial charge in [-0.05, 0) is 12.1 Å². The third-order valence-corrected chi connectivity index (χ3v) is 2.87. The Kier molecular flexibility index (Phi) is 4.07. The molecule has 1 aliphatic heterocycles. The number of halogens is 3. The predicted molar refractivity (Wildman–Crippen MR) is 63.1 cm³/mol. The fourth-order valence-electron chi connectivity index (χ4n) is 1.82. The van der Waals surface area contributed by atoms with Gasteiger partial charge in [0.15, 0.2) is 17.6 Å². The lowest BCUT2D eigenvalue weighted by Gasteiger charge is -2.32. The van der Waals surface area contributed by atoms with Crippen LogP contribution in [0.2, 0.25) is 0 Å². The van der Waals surface area contributed by atoms with E-state index in [4.69, 9.17) is 4.74 Å². The van der Waals surface area contributed by atoms with E-state index in [1.54, 1.807) is 4.90 Å². The number of likely N-dealkylation sites (N-methyl/N-ethyl adjacent to an activating group) is 1. The molecular formula is C11H13F3N4O2. The number of carbonyl (C=O) groups is 1. The van der Waals surface area contributed by atoms with Crippen molar-refractivity contribution in [1.82, 2.24) is 15.5 Å². The van der Waals surface area contributed by atoms with E-state index < -0.39 is 18.0 Å². The first-order valence-corrected chi connectivity index (χ1v) is 5.91. The molecule has 1 atom stereocenters. The van der Waals surface area contributed by atoms with E-state index in [0.717, 1.165) is 6.07 Å². The van der Waals surface area contributed by atoms with Gasteiger partial charge in [-0.15, -0.1) is 10.2 Å². The summed E-state index contributed by atoms with van der Waals surface area (Å²) in [5, 5.41) is 9.17. The molecule has 20 heavy (non-hydrogen) atoms. The molecule has 9 heteroatoms. The van der Waals surface area contributed by atoms with Crippen LogP contribution in [-0.2, 0) is 15.7 Å². The largest absolute Gasteiger partial charge is 0.435 e. The molecule has 0 spiro atoms.